The Morgan fingerprint density at radius 3 is 1.13 bits per heavy atom. The fourth-order valence-corrected chi connectivity index (χ4v) is 10.8. The molecule has 9 aromatic carbocycles. The Morgan fingerprint density at radius 1 is 0.283 bits per heavy atom. The number of fused-ring (bicyclic) bond motifs is 8. The van der Waals surface area contributed by atoms with Gasteiger partial charge in [-0.1, -0.05) is 152 Å². The largest absolute Gasteiger partial charge is 0.308 e. The van der Waals surface area contributed by atoms with E-state index < -0.39 is 0 Å². The molecule has 248 valence electrons. The van der Waals surface area contributed by atoms with Crippen LogP contribution < -0.4 is 4.90 Å². The summed E-state index contributed by atoms with van der Waals surface area (Å²) in [6.45, 7) is 0. The molecule has 0 radical (unpaired) electrons. The maximum Gasteiger partial charge on any atom is 0.0640 e. The van der Waals surface area contributed by atoms with Crippen LogP contribution in [0.4, 0.5) is 17.1 Å². The van der Waals surface area contributed by atoms with Crippen LogP contribution in [0.2, 0.25) is 0 Å². The van der Waals surface area contributed by atoms with Gasteiger partial charge in [0.15, 0.2) is 0 Å². The van der Waals surface area contributed by atoms with Gasteiger partial charge in [-0.2, -0.15) is 0 Å². The van der Waals surface area contributed by atoms with Gasteiger partial charge in [0.05, 0.1) is 20.8 Å². The first kappa shape index (κ1) is 30.4. The molecule has 0 saturated heterocycles. The average molecular weight is 710 g/mol. The minimum atomic E-state index is 1.14. The summed E-state index contributed by atoms with van der Waals surface area (Å²) in [5, 5.41) is 10.3. The summed E-state index contributed by atoms with van der Waals surface area (Å²) >= 11 is 3.76. The van der Waals surface area contributed by atoms with Crippen LogP contribution in [-0.2, 0) is 0 Å². The van der Waals surface area contributed by atoms with Crippen LogP contribution in [0.3, 0.4) is 0 Å². The number of anilines is 3. The summed E-state index contributed by atoms with van der Waals surface area (Å²) in [6.07, 6.45) is 0. The molecule has 0 amide bonds. The van der Waals surface area contributed by atoms with Gasteiger partial charge in [-0.3, -0.25) is 0 Å². The van der Waals surface area contributed by atoms with Crippen LogP contribution >= 0.6 is 22.7 Å². The molecule has 53 heavy (non-hydrogen) atoms. The Morgan fingerprint density at radius 2 is 0.660 bits per heavy atom. The maximum atomic E-state index is 2.49. The highest BCUT2D eigenvalue weighted by atomic mass is 32.1. The molecule has 2 heterocycles. The molecule has 1 nitrogen and oxygen atoms in total. The van der Waals surface area contributed by atoms with Crippen molar-refractivity contribution in [3.05, 3.63) is 188 Å². The molecule has 0 fully saturated rings. The van der Waals surface area contributed by atoms with Gasteiger partial charge in [0.25, 0.3) is 0 Å². The third-order valence-corrected chi connectivity index (χ3v) is 13.1. The van der Waals surface area contributed by atoms with Crippen LogP contribution in [-0.4, -0.2) is 0 Å². The van der Waals surface area contributed by atoms with Crippen molar-refractivity contribution in [1.82, 2.24) is 0 Å². The summed E-state index contributed by atoms with van der Waals surface area (Å²) in [4.78, 5) is 2.49. The second kappa shape index (κ2) is 12.2. The van der Waals surface area contributed by atoms with Gasteiger partial charge in [-0.15, -0.1) is 22.7 Å². The van der Waals surface area contributed by atoms with Gasteiger partial charge >= 0.3 is 0 Å². The lowest BCUT2D eigenvalue weighted by atomic mass is 9.86. The Bertz CT molecular complexity index is 3000. The molecule has 11 rings (SSSR count). The quantitative estimate of drug-likeness (QED) is 0.161. The summed E-state index contributed by atoms with van der Waals surface area (Å²) in [5.74, 6) is 0. The maximum absolute atomic E-state index is 2.49. The normalized spacial score (nSPS) is 11.8. The van der Waals surface area contributed by atoms with Crippen LogP contribution in [0.15, 0.2) is 188 Å². The van der Waals surface area contributed by atoms with E-state index in [0.717, 1.165) is 5.69 Å². The second-order valence-corrected chi connectivity index (χ2v) is 15.7. The van der Waals surface area contributed by atoms with Crippen molar-refractivity contribution in [1.29, 1.82) is 0 Å². The Balaban J connectivity index is 1.15. The monoisotopic (exact) mass is 709 g/mol. The van der Waals surface area contributed by atoms with Crippen molar-refractivity contribution in [2.45, 2.75) is 0 Å². The zero-order chi connectivity index (χ0) is 34.9. The third kappa shape index (κ3) is 4.75. The van der Waals surface area contributed by atoms with Gasteiger partial charge in [0.2, 0.25) is 0 Å². The molecular weight excluding hydrogens is 679 g/mol. The molecule has 0 saturated carbocycles. The Hall–Kier alpha value is -6.26. The smallest absolute Gasteiger partial charge is 0.0640 e. The van der Waals surface area contributed by atoms with E-state index in [4.69, 9.17) is 0 Å². The van der Waals surface area contributed by atoms with Crippen LogP contribution in [0, 0.1) is 0 Å². The zero-order valence-electron chi connectivity index (χ0n) is 28.7. The van der Waals surface area contributed by atoms with Crippen molar-refractivity contribution < 1.29 is 0 Å². The first-order valence-electron chi connectivity index (χ1n) is 18.0. The molecule has 0 unspecified atom stereocenters. The second-order valence-electron chi connectivity index (χ2n) is 13.6. The molecule has 0 aliphatic carbocycles. The standard InChI is InChI=1S/C50H31NS2/c1-2-14-32(15-3-1)47-37-18-4-6-20-39(37)48(40-21-7-5-19-38(40)47)33-28-30-34(31-29-33)51(43-24-12-22-41-35-16-8-10-26-45(35)52-49(41)43)44-25-13-23-42-36-17-9-11-27-46(36)53-50(42)44/h1-31H. The van der Waals surface area contributed by atoms with E-state index in [-0.39, 0.29) is 0 Å². The van der Waals surface area contributed by atoms with Crippen molar-refractivity contribution in [2.24, 2.45) is 0 Å². The van der Waals surface area contributed by atoms with Crippen LogP contribution in [0.1, 0.15) is 0 Å². The lowest BCUT2D eigenvalue weighted by Crippen LogP contribution is -2.10. The number of benzene rings is 9. The molecule has 3 heteroatoms. The highest BCUT2D eigenvalue weighted by Crippen LogP contribution is 2.50. The minimum Gasteiger partial charge on any atom is -0.308 e. The third-order valence-electron chi connectivity index (χ3n) is 10.7. The van der Waals surface area contributed by atoms with E-state index in [0.29, 0.717) is 0 Å². The molecule has 0 aliphatic heterocycles. The van der Waals surface area contributed by atoms with E-state index in [2.05, 4.69) is 193 Å². The predicted octanol–water partition coefficient (Wildman–Crippen LogP) is 15.5. The highest BCUT2D eigenvalue weighted by Gasteiger charge is 2.22. The summed E-state index contributed by atoms with van der Waals surface area (Å²) in [6, 6.07) is 69.1. The Labute approximate surface area is 315 Å². The number of nitrogens with zero attached hydrogens (tertiary/aromatic N) is 1. The molecule has 0 spiro atoms. The van der Waals surface area contributed by atoms with Crippen molar-refractivity contribution >= 4 is 102 Å². The predicted molar refractivity (Wildman–Crippen MR) is 233 cm³/mol. The average Bonchev–Trinajstić information content (AvgIpc) is 3.80. The lowest BCUT2D eigenvalue weighted by molar-refractivity contribution is 1.32. The van der Waals surface area contributed by atoms with E-state index in [1.807, 2.05) is 22.7 Å². The van der Waals surface area contributed by atoms with Gasteiger partial charge in [-0.25, -0.2) is 0 Å². The topological polar surface area (TPSA) is 3.24 Å². The van der Waals surface area contributed by atoms with Gasteiger partial charge in [-0.05, 0) is 80.2 Å². The molecule has 0 aliphatic rings. The number of rotatable bonds is 5. The van der Waals surface area contributed by atoms with E-state index >= 15 is 0 Å². The minimum absolute atomic E-state index is 1.14. The fourth-order valence-electron chi connectivity index (χ4n) is 8.36. The number of thiophene rings is 2. The van der Waals surface area contributed by atoms with E-state index in [9.17, 15) is 0 Å². The van der Waals surface area contributed by atoms with Gasteiger partial charge in [0, 0.05) is 36.6 Å². The summed E-state index contributed by atoms with van der Waals surface area (Å²) in [7, 11) is 0. The van der Waals surface area contributed by atoms with Crippen molar-refractivity contribution in [3.8, 4) is 22.3 Å². The number of hydrogen-bond donors (Lipinski definition) is 0. The summed E-state index contributed by atoms with van der Waals surface area (Å²) < 4.78 is 5.21. The zero-order valence-corrected chi connectivity index (χ0v) is 30.3. The molecule has 0 atom stereocenters. The first-order valence-corrected chi connectivity index (χ1v) is 19.6. The number of hydrogen-bond acceptors (Lipinski definition) is 3. The fraction of sp³-hybridized carbons (Fsp3) is 0. The van der Waals surface area contributed by atoms with Crippen molar-refractivity contribution in [2.75, 3.05) is 4.90 Å². The van der Waals surface area contributed by atoms with E-state index in [1.54, 1.807) is 0 Å². The SMILES string of the molecule is c1ccc(-c2c3ccccc3c(-c3ccc(N(c4cccc5c4sc4ccccc45)c4cccc5c4sc4ccccc45)cc3)c3ccccc23)cc1. The molecule has 2 aromatic heterocycles. The highest BCUT2D eigenvalue weighted by molar-refractivity contribution is 7.27. The van der Waals surface area contributed by atoms with Gasteiger partial charge < -0.3 is 4.90 Å². The first-order chi connectivity index (χ1) is 26.3. The van der Waals surface area contributed by atoms with Crippen LogP contribution in [0.25, 0.3) is 84.1 Å². The van der Waals surface area contributed by atoms with Gasteiger partial charge in [0.1, 0.15) is 0 Å². The van der Waals surface area contributed by atoms with Crippen molar-refractivity contribution in [3.63, 3.8) is 0 Å². The summed E-state index contributed by atoms with van der Waals surface area (Å²) in [5.41, 5.74) is 8.54. The Kier molecular flexibility index (Phi) is 6.97. The van der Waals surface area contributed by atoms with Crippen LogP contribution in [0.5, 0.6) is 0 Å². The molecule has 11 aromatic rings. The lowest BCUT2D eigenvalue weighted by Gasteiger charge is -2.27. The molecular formula is C50H31NS2. The molecule has 0 N–H and O–H groups in total. The molecule has 0 bridgehead atoms. The van der Waals surface area contributed by atoms with E-state index in [1.165, 1.54) is 95.5 Å².